The largest absolute Gasteiger partial charge is 0.462 e. The fourth-order valence-corrected chi connectivity index (χ4v) is 2.93. The van der Waals surface area contributed by atoms with Gasteiger partial charge in [-0.1, -0.05) is 13.0 Å². The lowest BCUT2D eigenvalue weighted by Crippen LogP contribution is -2.54. The van der Waals surface area contributed by atoms with Gasteiger partial charge in [-0.2, -0.15) is 0 Å². The van der Waals surface area contributed by atoms with Crippen molar-refractivity contribution in [1.29, 1.82) is 0 Å². The second-order valence-electron chi connectivity index (χ2n) is 6.73. The molecule has 1 atom stereocenters. The molecule has 0 aliphatic rings. The molecule has 0 radical (unpaired) electrons. The maximum Gasteiger partial charge on any atom is 0.340 e. The average molecular weight is 335 g/mol. The lowest BCUT2D eigenvalue weighted by Gasteiger charge is -2.35. The Balaban J connectivity index is 3.22. The van der Waals surface area contributed by atoms with Gasteiger partial charge in [0.15, 0.2) is 6.04 Å². The van der Waals surface area contributed by atoms with Crippen LogP contribution in [-0.2, 0) is 9.53 Å². The highest BCUT2D eigenvalue weighted by molar-refractivity contribution is 6.03. The van der Waals surface area contributed by atoms with E-state index < -0.39 is 5.97 Å². The van der Waals surface area contributed by atoms with Crippen LogP contribution in [0.25, 0.3) is 0 Å². The van der Waals surface area contributed by atoms with Crippen LogP contribution in [0, 0.1) is 13.8 Å². The molecule has 24 heavy (non-hydrogen) atoms. The fraction of sp³-hybridized carbons (Fsp3) is 0.579. The molecule has 5 nitrogen and oxygen atoms in total. The van der Waals surface area contributed by atoms with Crippen molar-refractivity contribution in [1.82, 2.24) is 0 Å². The molecule has 0 spiro atoms. The average Bonchev–Trinajstić information content (AvgIpc) is 2.50. The van der Waals surface area contributed by atoms with E-state index in [9.17, 15) is 9.59 Å². The molecule has 0 aliphatic heterocycles. The first kappa shape index (κ1) is 20.2. The minimum Gasteiger partial charge on any atom is -0.462 e. The molecule has 0 aliphatic carbocycles. The van der Waals surface area contributed by atoms with Gasteiger partial charge in [0.25, 0.3) is 5.91 Å². The number of carbonyl (C=O) groups excluding carboxylic acids is 2. The summed E-state index contributed by atoms with van der Waals surface area (Å²) in [6, 6.07) is 3.55. The zero-order chi connectivity index (χ0) is 18.5. The number of nitrogens with zero attached hydrogens (tertiary/aromatic N) is 1. The van der Waals surface area contributed by atoms with Crippen molar-refractivity contribution in [3.63, 3.8) is 0 Å². The standard InChI is InChI=1S/C19H30N2O3/c1-8-16(21(6,7)9-2)18(22)20-17-14(5)11-13(4)12-15(17)19(23)24-10-3/h11-12,16H,8-10H2,1-7H3/p+1. The number of aryl methyl sites for hydroxylation is 2. The van der Waals surface area contributed by atoms with Gasteiger partial charge in [-0.25, -0.2) is 4.79 Å². The number of nitrogens with one attached hydrogen (secondary N) is 1. The molecule has 1 rings (SSSR count). The van der Waals surface area contributed by atoms with Crippen molar-refractivity contribution in [2.75, 3.05) is 32.6 Å². The molecule has 1 aromatic rings. The first-order chi connectivity index (χ1) is 11.2. The summed E-state index contributed by atoms with van der Waals surface area (Å²) >= 11 is 0. The SMILES string of the molecule is CCOC(=O)c1cc(C)cc(C)c1NC(=O)C(CC)[N+](C)(C)CC. The number of hydrogen-bond acceptors (Lipinski definition) is 3. The van der Waals surface area contributed by atoms with E-state index >= 15 is 0 Å². The van der Waals surface area contributed by atoms with E-state index in [0.717, 1.165) is 24.1 Å². The minimum absolute atomic E-state index is 0.0677. The Morgan fingerprint density at radius 2 is 1.79 bits per heavy atom. The van der Waals surface area contributed by atoms with Crippen LogP contribution in [0.5, 0.6) is 0 Å². The van der Waals surface area contributed by atoms with E-state index in [1.54, 1.807) is 13.0 Å². The molecule has 0 saturated carbocycles. The summed E-state index contributed by atoms with van der Waals surface area (Å²) in [5, 5.41) is 2.98. The molecule has 1 N–H and O–H groups in total. The van der Waals surface area contributed by atoms with E-state index in [-0.39, 0.29) is 11.9 Å². The van der Waals surface area contributed by atoms with Crippen molar-refractivity contribution >= 4 is 17.6 Å². The van der Waals surface area contributed by atoms with Crippen molar-refractivity contribution in [3.05, 3.63) is 28.8 Å². The Bertz CT molecular complexity index is 609. The van der Waals surface area contributed by atoms with E-state index in [1.807, 2.05) is 40.9 Å². The molecule has 0 fully saturated rings. The second-order valence-corrected chi connectivity index (χ2v) is 6.73. The highest BCUT2D eigenvalue weighted by Crippen LogP contribution is 2.25. The molecule has 1 aromatic carbocycles. The number of esters is 1. The minimum atomic E-state index is -0.406. The third-order valence-electron chi connectivity index (χ3n) is 4.57. The first-order valence-electron chi connectivity index (χ1n) is 8.59. The Morgan fingerprint density at radius 1 is 1.17 bits per heavy atom. The maximum absolute atomic E-state index is 12.8. The van der Waals surface area contributed by atoms with E-state index in [4.69, 9.17) is 4.74 Å². The topological polar surface area (TPSA) is 55.4 Å². The van der Waals surface area contributed by atoms with Crippen LogP contribution < -0.4 is 5.32 Å². The Hall–Kier alpha value is -1.88. The molecule has 5 heteroatoms. The van der Waals surface area contributed by atoms with Crippen molar-refractivity contribution in [2.24, 2.45) is 0 Å². The summed E-state index contributed by atoms with van der Waals surface area (Å²) in [6.07, 6.45) is 0.728. The molecule has 0 saturated heterocycles. The van der Waals surface area contributed by atoms with Gasteiger partial charge >= 0.3 is 5.97 Å². The van der Waals surface area contributed by atoms with Crippen LogP contribution in [0.4, 0.5) is 5.69 Å². The highest BCUT2D eigenvalue weighted by atomic mass is 16.5. The molecular formula is C19H31N2O3+. The van der Waals surface area contributed by atoms with E-state index in [0.29, 0.717) is 22.3 Å². The molecule has 0 bridgehead atoms. The number of hydrogen-bond donors (Lipinski definition) is 1. The summed E-state index contributed by atoms with van der Waals surface area (Å²) in [5.74, 6) is -0.473. The van der Waals surface area contributed by atoms with Gasteiger partial charge in [-0.05, 0) is 44.9 Å². The van der Waals surface area contributed by atoms with Crippen LogP contribution in [0.2, 0.25) is 0 Å². The molecule has 134 valence electrons. The zero-order valence-electron chi connectivity index (χ0n) is 16.0. The Labute approximate surface area is 145 Å². The van der Waals surface area contributed by atoms with E-state index in [2.05, 4.69) is 12.2 Å². The van der Waals surface area contributed by atoms with Gasteiger partial charge in [0.2, 0.25) is 0 Å². The lowest BCUT2D eigenvalue weighted by atomic mass is 10.0. The van der Waals surface area contributed by atoms with Gasteiger partial charge in [-0.15, -0.1) is 0 Å². The van der Waals surface area contributed by atoms with E-state index in [1.165, 1.54) is 0 Å². The first-order valence-corrected chi connectivity index (χ1v) is 8.59. The second kappa shape index (κ2) is 8.29. The third kappa shape index (κ3) is 4.57. The van der Waals surface area contributed by atoms with Gasteiger partial charge in [0, 0.05) is 6.42 Å². The maximum atomic E-state index is 12.8. The quantitative estimate of drug-likeness (QED) is 0.614. The van der Waals surface area contributed by atoms with Gasteiger partial charge in [0.1, 0.15) is 0 Å². The van der Waals surface area contributed by atoms with Gasteiger partial charge in [-0.3, -0.25) is 4.79 Å². The van der Waals surface area contributed by atoms with Crippen LogP contribution in [0.3, 0.4) is 0 Å². The van der Waals surface area contributed by atoms with Crippen LogP contribution >= 0.6 is 0 Å². The predicted molar refractivity (Wildman–Crippen MR) is 97.2 cm³/mol. The predicted octanol–water partition coefficient (Wildman–Crippen LogP) is 3.29. The molecular weight excluding hydrogens is 304 g/mol. The van der Waals surface area contributed by atoms with Gasteiger partial charge in [0.05, 0.1) is 38.5 Å². The summed E-state index contributed by atoms with van der Waals surface area (Å²) < 4.78 is 5.74. The van der Waals surface area contributed by atoms with Crippen LogP contribution in [0.1, 0.15) is 48.7 Å². The number of amides is 1. The number of benzene rings is 1. The normalized spacial score (nSPS) is 12.6. The number of carbonyl (C=O) groups is 2. The smallest absolute Gasteiger partial charge is 0.340 e. The monoisotopic (exact) mass is 335 g/mol. The van der Waals surface area contributed by atoms with Crippen molar-refractivity contribution in [2.45, 2.75) is 47.1 Å². The third-order valence-corrected chi connectivity index (χ3v) is 4.57. The summed E-state index contributed by atoms with van der Waals surface area (Å²) in [5.41, 5.74) is 2.80. The van der Waals surface area contributed by atoms with Crippen molar-refractivity contribution < 1.29 is 18.8 Å². The Morgan fingerprint density at radius 3 is 2.29 bits per heavy atom. The highest BCUT2D eigenvalue weighted by Gasteiger charge is 2.33. The fourth-order valence-electron chi connectivity index (χ4n) is 2.93. The molecule has 0 heterocycles. The number of quaternary nitrogens is 1. The summed E-state index contributed by atoms with van der Waals surface area (Å²) in [7, 11) is 4.09. The molecule has 0 aromatic heterocycles. The van der Waals surface area contributed by atoms with Gasteiger partial charge < -0.3 is 14.5 Å². The lowest BCUT2D eigenvalue weighted by molar-refractivity contribution is -0.904. The van der Waals surface area contributed by atoms with Crippen molar-refractivity contribution in [3.8, 4) is 0 Å². The zero-order valence-corrected chi connectivity index (χ0v) is 16.0. The number of anilines is 1. The number of likely N-dealkylation sites (N-methyl/N-ethyl adjacent to an activating group) is 1. The Kier molecular flexibility index (Phi) is 6.96. The van der Waals surface area contributed by atoms with Crippen LogP contribution in [-0.4, -0.2) is 49.6 Å². The summed E-state index contributed by atoms with van der Waals surface area (Å²) in [6.45, 7) is 10.8. The molecule has 1 amide bonds. The number of rotatable bonds is 7. The molecule has 1 unspecified atom stereocenters. The van der Waals surface area contributed by atoms with Crippen LogP contribution in [0.15, 0.2) is 12.1 Å². The number of ether oxygens (including phenoxy) is 1. The summed E-state index contributed by atoms with van der Waals surface area (Å²) in [4.78, 5) is 25.1.